The maximum absolute atomic E-state index is 13.7. The quantitative estimate of drug-likeness (QED) is 0.386. The van der Waals surface area contributed by atoms with Gasteiger partial charge in [-0.25, -0.2) is 14.2 Å². The van der Waals surface area contributed by atoms with E-state index in [4.69, 9.17) is 9.47 Å². The fraction of sp³-hybridized carbons (Fsp3) is 0.450. The first kappa shape index (κ1) is 22.8. The molecule has 0 aliphatic carbocycles. The van der Waals surface area contributed by atoms with Gasteiger partial charge in [0.25, 0.3) is 0 Å². The minimum absolute atomic E-state index is 0.162. The average Bonchev–Trinajstić information content (AvgIpc) is 3.09. The minimum atomic E-state index is -0.355. The molecule has 1 unspecified atom stereocenters. The second-order valence-electron chi connectivity index (χ2n) is 6.34. The predicted molar refractivity (Wildman–Crippen MR) is 112 cm³/mol. The first-order valence-electron chi connectivity index (χ1n) is 9.27. The van der Waals surface area contributed by atoms with Gasteiger partial charge in [-0.05, 0) is 38.5 Å². The van der Waals surface area contributed by atoms with Crippen LogP contribution in [0.1, 0.15) is 51.4 Å². The molecule has 0 bridgehead atoms. The first-order valence-corrected chi connectivity index (χ1v) is 10.1. The van der Waals surface area contributed by atoms with Gasteiger partial charge in [-0.1, -0.05) is 6.07 Å². The molecule has 158 valence electrons. The Bertz CT molecular complexity index is 869. The van der Waals surface area contributed by atoms with Crippen LogP contribution in [0.4, 0.5) is 4.39 Å². The van der Waals surface area contributed by atoms with Crippen molar-refractivity contribution in [1.29, 1.82) is 0 Å². The lowest BCUT2D eigenvalue weighted by molar-refractivity contribution is 0.0531. The molecule has 0 fully saturated rings. The highest BCUT2D eigenvalue weighted by Crippen LogP contribution is 2.24. The number of esters is 1. The van der Waals surface area contributed by atoms with Crippen LogP contribution < -0.4 is 10.6 Å². The number of methoxy groups -OCH3 is 1. The van der Waals surface area contributed by atoms with Crippen LogP contribution in [-0.4, -0.2) is 37.7 Å². The number of aryl methyl sites for hydroxylation is 1. The Kier molecular flexibility index (Phi) is 8.53. The first-order chi connectivity index (χ1) is 13.9. The number of halogens is 1. The number of rotatable bonds is 8. The smallest absolute Gasteiger partial charge is 0.350 e. The maximum atomic E-state index is 13.7. The lowest BCUT2D eigenvalue weighted by Crippen LogP contribution is -2.38. The summed E-state index contributed by atoms with van der Waals surface area (Å²) in [7, 11) is 3.20. The van der Waals surface area contributed by atoms with E-state index in [1.807, 2.05) is 6.92 Å². The van der Waals surface area contributed by atoms with E-state index in [2.05, 4.69) is 20.6 Å². The molecule has 0 aliphatic heterocycles. The van der Waals surface area contributed by atoms with E-state index >= 15 is 0 Å². The second-order valence-corrected chi connectivity index (χ2v) is 7.37. The Morgan fingerprint density at radius 3 is 2.83 bits per heavy atom. The maximum Gasteiger partial charge on any atom is 0.350 e. The van der Waals surface area contributed by atoms with Crippen molar-refractivity contribution in [3.05, 3.63) is 50.7 Å². The standard InChI is InChI=1S/C20H27FN4O3S/c1-6-28-19(26)17-12(2)24-18(29-17)13(3)25-20(22-4)23-10-14-7-8-16(21)15(9-14)11-27-5/h7-9,13H,6,10-11H2,1-5H3,(H2,22,23,25). The lowest BCUT2D eigenvalue weighted by Gasteiger charge is -2.16. The Hall–Kier alpha value is -2.52. The van der Waals surface area contributed by atoms with Gasteiger partial charge in [0, 0.05) is 26.3 Å². The molecular formula is C20H27FN4O3S. The number of aliphatic imine (C=N–C) groups is 1. The lowest BCUT2D eigenvalue weighted by atomic mass is 10.1. The van der Waals surface area contributed by atoms with Crippen molar-refractivity contribution in [3.63, 3.8) is 0 Å². The van der Waals surface area contributed by atoms with Crippen molar-refractivity contribution in [1.82, 2.24) is 15.6 Å². The van der Waals surface area contributed by atoms with Crippen molar-refractivity contribution < 1.29 is 18.7 Å². The fourth-order valence-electron chi connectivity index (χ4n) is 2.64. The highest BCUT2D eigenvalue weighted by molar-refractivity contribution is 7.13. The Morgan fingerprint density at radius 2 is 2.17 bits per heavy atom. The molecule has 1 atom stereocenters. The molecule has 0 spiro atoms. The van der Waals surface area contributed by atoms with E-state index in [1.54, 1.807) is 33.0 Å². The number of aromatic nitrogens is 1. The van der Waals surface area contributed by atoms with Gasteiger partial charge in [-0.2, -0.15) is 0 Å². The SMILES string of the molecule is CCOC(=O)c1sc(C(C)NC(=NC)NCc2ccc(F)c(COC)c2)nc1C. The summed E-state index contributed by atoms with van der Waals surface area (Å²) in [4.78, 5) is 21.2. The summed E-state index contributed by atoms with van der Waals surface area (Å²) in [5, 5.41) is 7.21. The van der Waals surface area contributed by atoms with E-state index in [0.29, 0.717) is 35.2 Å². The number of ether oxygens (including phenoxy) is 2. The zero-order chi connectivity index (χ0) is 21.4. The van der Waals surface area contributed by atoms with E-state index in [-0.39, 0.29) is 24.4 Å². The molecule has 0 saturated carbocycles. The molecule has 7 nitrogen and oxygen atoms in total. The number of benzene rings is 1. The van der Waals surface area contributed by atoms with Crippen LogP contribution in [-0.2, 0) is 22.6 Å². The van der Waals surface area contributed by atoms with Crippen LogP contribution in [0.25, 0.3) is 0 Å². The van der Waals surface area contributed by atoms with Crippen LogP contribution in [0.15, 0.2) is 23.2 Å². The highest BCUT2D eigenvalue weighted by Gasteiger charge is 2.20. The summed E-state index contributed by atoms with van der Waals surface area (Å²) in [5.74, 6) is -0.0736. The molecule has 2 aromatic rings. The third kappa shape index (κ3) is 6.23. The summed E-state index contributed by atoms with van der Waals surface area (Å²) in [6.45, 7) is 6.51. The Balaban J connectivity index is 2.00. The van der Waals surface area contributed by atoms with Crippen molar-refractivity contribution in [2.24, 2.45) is 4.99 Å². The number of nitrogens with one attached hydrogen (secondary N) is 2. The molecule has 0 radical (unpaired) electrons. The summed E-state index contributed by atoms with van der Waals surface area (Å²) in [5.41, 5.74) is 2.06. The van der Waals surface area contributed by atoms with Crippen LogP contribution >= 0.6 is 11.3 Å². The normalized spacial score (nSPS) is 12.6. The molecule has 0 amide bonds. The highest BCUT2D eigenvalue weighted by atomic mass is 32.1. The van der Waals surface area contributed by atoms with E-state index in [1.165, 1.54) is 24.5 Å². The van der Waals surface area contributed by atoms with E-state index < -0.39 is 0 Å². The van der Waals surface area contributed by atoms with E-state index in [9.17, 15) is 9.18 Å². The van der Waals surface area contributed by atoms with E-state index in [0.717, 1.165) is 10.6 Å². The molecule has 1 aromatic carbocycles. The molecule has 1 heterocycles. The summed E-state index contributed by atoms with van der Waals surface area (Å²) >= 11 is 1.31. The molecule has 29 heavy (non-hydrogen) atoms. The van der Waals surface area contributed by atoms with Crippen LogP contribution in [0.3, 0.4) is 0 Å². The van der Waals surface area contributed by atoms with Crippen molar-refractivity contribution in [3.8, 4) is 0 Å². The average molecular weight is 423 g/mol. The number of carbonyl (C=O) groups excluding carboxylic acids is 1. The number of carbonyl (C=O) groups is 1. The topological polar surface area (TPSA) is 84.8 Å². The molecule has 2 N–H and O–H groups in total. The van der Waals surface area contributed by atoms with Gasteiger partial charge < -0.3 is 20.1 Å². The van der Waals surface area contributed by atoms with Gasteiger partial charge >= 0.3 is 5.97 Å². The Labute approximate surface area is 174 Å². The van der Waals surface area contributed by atoms with Gasteiger partial charge in [0.1, 0.15) is 15.7 Å². The number of guanidine groups is 1. The number of hydrogen-bond donors (Lipinski definition) is 2. The summed E-state index contributed by atoms with van der Waals surface area (Å²) in [6.07, 6.45) is 0. The summed E-state index contributed by atoms with van der Waals surface area (Å²) in [6, 6.07) is 4.75. The van der Waals surface area contributed by atoms with Crippen LogP contribution in [0.5, 0.6) is 0 Å². The molecule has 2 rings (SSSR count). The van der Waals surface area contributed by atoms with Crippen molar-refractivity contribution in [2.75, 3.05) is 20.8 Å². The fourth-order valence-corrected chi connectivity index (χ4v) is 3.60. The molecule has 0 saturated heterocycles. The van der Waals surface area contributed by atoms with Crippen LogP contribution in [0.2, 0.25) is 0 Å². The molecule has 9 heteroatoms. The third-order valence-electron chi connectivity index (χ3n) is 4.09. The van der Waals surface area contributed by atoms with Gasteiger partial charge in [0.05, 0.1) is 24.9 Å². The van der Waals surface area contributed by atoms with Gasteiger partial charge in [-0.15, -0.1) is 11.3 Å². The van der Waals surface area contributed by atoms with Crippen molar-refractivity contribution in [2.45, 2.75) is 40.0 Å². The number of nitrogens with zero attached hydrogens (tertiary/aromatic N) is 2. The van der Waals surface area contributed by atoms with Gasteiger partial charge in [-0.3, -0.25) is 4.99 Å². The number of thiazole rings is 1. The monoisotopic (exact) mass is 422 g/mol. The molecule has 0 aliphatic rings. The number of hydrogen-bond acceptors (Lipinski definition) is 6. The third-order valence-corrected chi connectivity index (χ3v) is 5.41. The van der Waals surface area contributed by atoms with Gasteiger partial charge in [0.15, 0.2) is 5.96 Å². The predicted octanol–water partition coefficient (Wildman–Crippen LogP) is 3.34. The summed E-state index contributed by atoms with van der Waals surface area (Å²) < 4.78 is 23.8. The largest absolute Gasteiger partial charge is 0.462 e. The molecular weight excluding hydrogens is 395 g/mol. The zero-order valence-corrected chi connectivity index (χ0v) is 18.2. The minimum Gasteiger partial charge on any atom is -0.462 e. The second kappa shape index (κ2) is 10.9. The van der Waals surface area contributed by atoms with Crippen molar-refractivity contribution >= 4 is 23.3 Å². The zero-order valence-electron chi connectivity index (χ0n) is 17.3. The van der Waals surface area contributed by atoms with Gasteiger partial charge in [0.2, 0.25) is 0 Å². The Morgan fingerprint density at radius 1 is 1.41 bits per heavy atom. The molecule has 1 aromatic heterocycles. The van der Waals surface area contributed by atoms with Crippen LogP contribution in [0, 0.1) is 12.7 Å².